The Bertz CT molecular complexity index is 1530. The zero-order chi connectivity index (χ0) is 31.5. The summed E-state index contributed by atoms with van der Waals surface area (Å²) in [5, 5.41) is 7.19. The fourth-order valence-corrected chi connectivity index (χ4v) is 8.16. The van der Waals surface area contributed by atoms with E-state index in [0.717, 1.165) is 57.6 Å². The number of hydrogen-bond donors (Lipinski definition) is 2. The van der Waals surface area contributed by atoms with Gasteiger partial charge in [0.05, 0.1) is 19.3 Å². The standard InChI is InChI=1S/C38H45ClN4O3/c39-31-11-8-26(9-12-31)22-36(41-37(44)35-23-29-4-1-2-5-30(29)25-40-35)38(45)43-16-14-28(15-17-43)33-7-3-6-27-10-13-32(24-34(27)33)42-18-20-46-21-19-42/h1-9,11-12,28,32,35-36,40H,10,13-25H2,(H,41,44)/t32?,35-,36-/m1/s1. The van der Waals surface area contributed by atoms with E-state index >= 15 is 0 Å². The summed E-state index contributed by atoms with van der Waals surface area (Å²) in [5.74, 6) is 0.320. The molecule has 0 saturated carbocycles. The van der Waals surface area contributed by atoms with Crippen molar-refractivity contribution in [1.29, 1.82) is 0 Å². The third kappa shape index (κ3) is 7.03. The number of fused-ring (bicyclic) bond motifs is 2. The first kappa shape index (κ1) is 31.4. The summed E-state index contributed by atoms with van der Waals surface area (Å²) in [7, 11) is 0. The number of amides is 2. The minimum Gasteiger partial charge on any atom is -0.379 e. The molecular weight excluding hydrogens is 596 g/mol. The van der Waals surface area contributed by atoms with E-state index < -0.39 is 6.04 Å². The number of morpholine rings is 1. The van der Waals surface area contributed by atoms with Crippen LogP contribution in [0.25, 0.3) is 0 Å². The van der Waals surface area contributed by atoms with Gasteiger partial charge in [0.25, 0.3) is 0 Å². The fourth-order valence-electron chi connectivity index (χ4n) is 8.03. The van der Waals surface area contributed by atoms with Gasteiger partial charge in [-0.25, -0.2) is 0 Å². The zero-order valence-electron chi connectivity index (χ0n) is 26.6. The molecule has 3 aliphatic heterocycles. The Kier molecular flexibility index (Phi) is 9.73. The molecule has 4 aliphatic rings. The highest BCUT2D eigenvalue weighted by molar-refractivity contribution is 6.30. The molecule has 46 heavy (non-hydrogen) atoms. The van der Waals surface area contributed by atoms with Crippen molar-refractivity contribution in [2.75, 3.05) is 39.4 Å². The van der Waals surface area contributed by atoms with Gasteiger partial charge in [0.1, 0.15) is 6.04 Å². The topological polar surface area (TPSA) is 73.9 Å². The number of halogens is 1. The number of piperidine rings is 1. The van der Waals surface area contributed by atoms with Gasteiger partial charge in [-0.3, -0.25) is 14.5 Å². The van der Waals surface area contributed by atoms with Crippen LogP contribution in [0.5, 0.6) is 0 Å². The minimum atomic E-state index is -0.636. The number of carbonyl (C=O) groups excluding carboxylic acids is 2. The Labute approximate surface area is 277 Å². The van der Waals surface area contributed by atoms with Crippen LogP contribution in [-0.4, -0.2) is 79.1 Å². The maximum atomic E-state index is 14.1. The van der Waals surface area contributed by atoms with Gasteiger partial charge in [-0.1, -0.05) is 66.2 Å². The third-order valence-electron chi connectivity index (χ3n) is 10.7. The van der Waals surface area contributed by atoms with E-state index in [-0.39, 0.29) is 17.9 Å². The third-order valence-corrected chi connectivity index (χ3v) is 10.9. The zero-order valence-corrected chi connectivity index (χ0v) is 27.3. The molecule has 3 aromatic carbocycles. The molecule has 3 heterocycles. The molecule has 0 bridgehead atoms. The summed E-state index contributed by atoms with van der Waals surface area (Å²) in [4.78, 5) is 32.3. The first-order valence-corrected chi connectivity index (χ1v) is 17.5. The highest BCUT2D eigenvalue weighted by Crippen LogP contribution is 2.36. The van der Waals surface area contributed by atoms with Crippen LogP contribution in [-0.2, 0) is 46.6 Å². The Hall–Kier alpha value is -3.23. The molecule has 2 amide bonds. The van der Waals surface area contributed by atoms with Crippen molar-refractivity contribution in [3.8, 4) is 0 Å². The SMILES string of the molecule is O=C(N[C@H](Cc1ccc(Cl)cc1)C(=O)N1CCC(c2cccc3c2CC(N2CCOCC2)CC3)CC1)[C@H]1Cc2ccccc2CN1. The van der Waals surface area contributed by atoms with Gasteiger partial charge in [0.15, 0.2) is 0 Å². The molecule has 7 rings (SSSR count). The lowest BCUT2D eigenvalue weighted by atomic mass is 9.78. The van der Waals surface area contributed by atoms with E-state index in [1.165, 1.54) is 28.7 Å². The van der Waals surface area contributed by atoms with Gasteiger partial charge in [-0.15, -0.1) is 0 Å². The van der Waals surface area contributed by atoms with Crippen molar-refractivity contribution >= 4 is 23.4 Å². The van der Waals surface area contributed by atoms with E-state index in [9.17, 15) is 9.59 Å². The summed E-state index contributed by atoms with van der Waals surface area (Å²) < 4.78 is 5.62. The summed E-state index contributed by atoms with van der Waals surface area (Å²) in [6, 6.07) is 22.3. The van der Waals surface area contributed by atoms with Gasteiger partial charge < -0.3 is 20.3 Å². The lowest BCUT2D eigenvalue weighted by Crippen LogP contribution is -2.56. The molecule has 0 aromatic heterocycles. The lowest BCUT2D eigenvalue weighted by molar-refractivity contribution is -0.137. The molecule has 0 spiro atoms. The average molecular weight is 641 g/mol. The number of ether oxygens (including phenoxy) is 1. The van der Waals surface area contributed by atoms with Gasteiger partial charge in [0, 0.05) is 50.2 Å². The molecule has 8 heteroatoms. The van der Waals surface area contributed by atoms with E-state index in [1.54, 1.807) is 5.56 Å². The largest absolute Gasteiger partial charge is 0.379 e. The molecule has 1 unspecified atom stereocenters. The Morgan fingerprint density at radius 1 is 0.870 bits per heavy atom. The van der Waals surface area contributed by atoms with Crippen molar-refractivity contribution < 1.29 is 14.3 Å². The molecule has 242 valence electrons. The van der Waals surface area contributed by atoms with Crippen molar-refractivity contribution in [2.45, 2.75) is 75.5 Å². The first-order chi connectivity index (χ1) is 22.5. The normalized spacial score (nSPS) is 22.8. The van der Waals surface area contributed by atoms with Crippen LogP contribution in [0.1, 0.15) is 58.6 Å². The highest BCUT2D eigenvalue weighted by Gasteiger charge is 2.34. The summed E-state index contributed by atoms with van der Waals surface area (Å²) in [5.41, 5.74) is 7.92. The van der Waals surface area contributed by atoms with Crippen LogP contribution in [0.2, 0.25) is 5.02 Å². The second-order valence-corrected chi connectivity index (χ2v) is 13.9. The predicted octanol–water partition coefficient (Wildman–Crippen LogP) is 4.68. The van der Waals surface area contributed by atoms with Gasteiger partial charge in [-0.2, -0.15) is 0 Å². The molecule has 0 radical (unpaired) electrons. The summed E-state index contributed by atoms with van der Waals surface area (Å²) in [6.45, 7) is 5.77. The molecule has 7 nitrogen and oxygen atoms in total. The van der Waals surface area contributed by atoms with E-state index in [4.69, 9.17) is 16.3 Å². The van der Waals surface area contributed by atoms with Crippen LogP contribution in [0.4, 0.5) is 0 Å². The van der Waals surface area contributed by atoms with Crippen LogP contribution in [0.15, 0.2) is 66.7 Å². The van der Waals surface area contributed by atoms with Crippen LogP contribution >= 0.6 is 11.6 Å². The Morgan fingerprint density at radius 2 is 1.61 bits per heavy atom. The smallest absolute Gasteiger partial charge is 0.245 e. The monoisotopic (exact) mass is 640 g/mol. The van der Waals surface area contributed by atoms with Gasteiger partial charge >= 0.3 is 0 Å². The first-order valence-electron chi connectivity index (χ1n) is 17.1. The predicted molar refractivity (Wildman–Crippen MR) is 181 cm³/mol. The Balaban J connectivity index is 1.03. The van der Waals surface area contributed by atoms with Crippen molar-refractivity contribution in [1.82, 2.24) is 20.4 Å². The highest BCUT2D eigenvalue weighted by atomic mass is 35.5. The molecule has 3 atom stereocenters. The summed E-state index contributed by atoms with van der Waals surface area (Å²) >= 11 is 6.15. The Morgan fingerprint density at radius 3 is 2.39 bits per heavy atom. The maximum absolute atomic E-state index is 14.1. The minimum absolute atomic E-state index is 0.000400. The number of carbonyl (C=O) groups is 2. The van der Waals surface area contributed by atoms with E-state index in [2.05, 4.69) is 45.9 Å². The number of nitrogens with one attached hydrogen (secondary N) is 2. The molecular formula is C38H45ClN4O3. The number of benzene rings is 3. The van der Waals surface area contributed by atoms with Crippen LogP contribution in [0, 0.1) is 0 Å². The molecule has 1 aliphatic carbocycles. The number of aryl methyl sites for hydroxylation is 1. The average Bonchev–Trinajstić information content (AvgIpc) is 3.11. The molecule has 2 N–H and O–H groups in total. The molecule has 2 saturated heterocycles. The second-order valence-electron chi connectivity index (χ2n) is 13.4. The van der Waals surface area contributed by atoms with Crippen LogP contribution in [0.3, 0.4) is 0 Å². The summed E-state index contributed by atoms with van der Waals surface area (Å²) in [6.07, 6.45) is 6.38. The quantitative estimate of drug-likeness (QED) is 0.393. The van der Waals surface area contributed by atoms with E-state index in [0.29, 0.717) is 49.5 Å². The lowest BCUT2D eigenvalue weighted by Gasteiger charge is -2.39. The molecule has 3 aromatic rings. The van der Waals surface area contributed by atoms with Crippen LogP contribution < -0.4 is 10.6 Å². The maximum Gasteiger partial charge on any atom is 0.245 e. The van der Waals surface area contributed by atoms with E-state index in [1.807, 2.05) is 41.3 Å². The molecule has 2 fully saturated rings. The second kappa shape index (κ2) is 14.3. The number of rotatable bonds is 7. The number of likely N-dealkylation sites (tertiary alicyclic amines) is 1. The van der Waals surface area contributed by atoms with Crippen molar-refractivity contribution in [2.24, 2.45) is 0 Å². The van der Waals surface area contributed by atoms with Crippen molar-refractivity contribution in [3.05, 3.63) is 105 Å². The number of hydrogen-bond acceptors (Lipinski definition) is 5. The fraction of sp³-hybridized carbons (Fsp3) is 0.474. The van der Waals surface area contributed by atoms with Gasteiger partial charge in [0.2, 0.25) is 11.8 Å². The van der Waals surface area contributed by atoms with Crippen molar-refractivity contribution in [3.63, 3.8) is 0 Å². The number of nitrogens with zero attached hydrogens (tertiary/aromatic N) is 2. The van der Waals surface area contributed by atoms with Gasteiger partial charge in [-0.05, 0) is 90.0 Å².